The van der Waals surface area contributed by atoms with Gasteiger partial charge in [0, 0.05) is 18.2 Å². The van der Waals surface area contributed by atoms with Crippen LogP contribution in [0.15, 0.2) is 71.6 Å². The predicted molar refractivity (Wildman–Crippen MR) is 119 cm³/mol. The molecule has 0 aliphatic rings. The van der Waals surface area contributed by atoms with E-state index in [1.807, 2.05) is 13.8 Å². The SMILES string of the molecule is COc1ccc(CN(C(=O)c2cccc(F)c2)C(C)C)cc1OS(=O)(=O)c1ccc(F)cc1. The lowest BCUT2D eigenvalue weighted by Gasteiger charge is -2.27. The number of benzene rings is 3. The molecular formula is C24H23F2NO5S. The highest BCUT2D eigenvalue weighted by atomic mass is 32.2. The van der Waals surface area contributed by atoms with Gasteiger partial charge in [-0.1, -0.05) is 12.1 Å². The molecule has 0 spiro atoms. The van der Waals surface area contributed by atoms with Crippen LogP contribution < -0.4 is 8.92 Å². The van der Waals surface area contributed by atoms with Gasteiger partial charge in [0.05, 0.1) is 7.11 Å². The largest absolute Gasteiger partial charge is 0.493 e. The van der Waals surface area contributed by atoms with Crippen LogP contribution in [0.2, 0.25) is 0 Å². The molecule has 0 unspecified atom stereocenters. The molecule has 0 saturated carbocycles. The second kappa shape index (κ2) is 9.99. The molecule has 0 aliphatic carbocycles. The number of rotatable bonds is 8. The van der Waals surface area contributed by atoms with E-state index >= 15 is 0 Å². The van der Waals surface area contributed by atoms with Crippen LogP contribution in [0.25, 0.3) is 0 Å². The Bertz CT molecular complexity index is 1240. The first-order valence-electron chi connectivity index (χ1n) is 10.0. The fourth-order valence-corrected chi connectivity index (χ4v) is 4.06. The molecule has 0 radical (unpaired) electrons. The summed E-state index contributed by atoms with van der Waals surface area (Å²) in [5.41, 5.74) is 0.770. The molecule has 0 aliphatic heterocycles. The van der Waals surface area contributed by atoms with Gasteiger partial charge in [-0.3, -0.25) is 4.79 Å². The normalized spacial score (nSPS) is 11.3. The number of nitrogens with zero attached hydrogens (tertiary/aromatic N) is 1. The van der Waals surface area contributed by atoms with E-state index < -0.39 is 21.8 Å². The van der Waals surface area contributed by atoms with Gasteiger partial charge < -0.3 is 13.8 Å². The quantitative estimate of drug-likeness (QED) is 0.438. The number of hydrogen-bond donors (Lipinski definition) is 0. The number of carbonyl (C=O) groups excluding carboxylic acids is 1. The van der Waals surface area contributed by atoms with Gasteiger partial charge in [-0.15, -0.1) is 0 Å². The molecule has 3 aromatic rings. The molecule has 9 heteroatoms. The van der Waals surface area contributed by atoms with Gasteiger partial charge in [-0.05, 0) is 74.0 Å². The maximum absolute atomic E-state index is 13.6. The van der Waals surface area contributed by atoms with E-state index in [1.165, 1.54) is 42.3 Å². The van der Waals surface area contributed by atoms with Crippen molar-refractivity contribution in [2.75, 3.05) is 7.11 Å². The molecular weight excluding hydrogens is 452 g/mol. The van der Waals surface area contributed by atoms with Crippen molar-refractivity contribution < 1.29 is 30.9 Å². The minimum atomic E-state index is -4.26. The standard InChI is InChI=1S/C24H23F2NO5S/c1-16(2)27(24(28)18-5-4-6-20(26)14-18)15-17-7-12-22(31-3)23(13-17)32-33(29,30)21-10-8-19(25)9-11-21/h4-14,16H,15H2,1-3H3. The lowest BCUT2D eigenvalue weighted by atomic mass is 10.1. The fraction of sp³-hybridized carbons (Fsp3) is 0.208. The van der Waals surface area contributed by atoms with Crippen molar-refractivity contribution in [1.29, 1.82) is 0 Å². The Balaban J connectivity index is 1.90. The molecule has 0 N–H and O–H groups in total. The number of halogens is 2. The Morgan fingerprint density at radius 3 is 2.24 bits per heavy atom. The van der Waals surface area contributed by atoms with Gasteiger partial charge in [0.15, 0.2) is 11.5 Å². The van der Waals surface area contributed by atoms with E-state index in [4.69, 9.17) is 8.92 Å². The lowest BCUT2D eigenvalue weighted by Crippen LogP contribution is -2.36. The minimum absolute atomic E-state index is 0.0822. The van der Waals surface area contributed by atoms with Crippen LogP contribution in [0.1, 0.15) is 29.8 Å². The zero-order chi connectivity index (χ0) is 24.2. The average Bonchev–Trinajstić information content (AvgIpc) is 2.77. The third-order valence-electron chi connectivity index (χ3n) is 4.84. The van der Waals surface area contributed by atoms with Crippen LogP contribution in [0, 0.1) is 11.6 Å². The van der Waals surface area contributed by atoms with Crippen LogP contribution >= 0.6 is 0 Å². The summed E-state index contributed by atoms with van der Waals surface area (Å²) >= 11 is 0. The monoisotopic (exact) mass is 475 g/mol. The molecule has 3 aromatic carbocycles. The molecule has 0 aromatic heterocycles. The van der Waals surface area contributed by atoms with Gasteiger partial charge in [0.1, 0.15) is 16.5 Å². The van der Waals surface area contributed by atoms with Crippen LogP contribution in [0.4, 0.5) is 8.78 Å². The minimum Gasteiger partial charge on any atom is -0.493 e. The van der Waals surface area contributed by atoms with E-state index in [0.717, 1.165) is 30.3 Å². The highest BCUT2D eigenvalue weighted by Gasteiger charge is 2.23. The van der Waals surface area contributed by atoms with Gasteiger partial charge in [0.25, 0.3) is 5.91 Å². The van der Waals surface area contributed by atoms with E-state index in [0.29, 0.717) is 5.56 Å². The molecule has 0 fully saturated rings. The van der Waals surface area contributed by atoms with Crippen molar-refractivity contribution in [2.24, 2.45) is 0 Å². The van der Waals surface area contributed by atoms with Crippen molar-refractivity contribution in [2.45, 2.75) is 31.3 Å². The van der Waals surface area contributed by atoms with Crippen molar-refractivity contribution in [3.63, 3.8) is 0 Å². The summed E-state index contributed by atoms with van der Waals surface area (Å²) in [5, 5.41) is 0. The number of hydrogen-bond acceptors (Lipinski definition) is 5. The highest BCUT2D eigenvalue weighted by molar-refractivity contribution is 7.87. The first-order valence-corrected chi connectivity index (χ1v) is 11.4. The average molecular weight is 476 g/mol. The molecule has 3 rings (SSSR count). The second-order valence-electron chi connectivity index (χ2n) is 7.51. The van der Waals surface area contributed by atoms with Gasteiger partial charge in [0.2, 0.25) is 0 Å². The zero-order valence-electron chi connectivity index (χ0n) is 18.3. The summed E-state index contributed by atoms with van der Waals surface area (Å²) < 4.78 is 62.5. The Hall–Kier alpha value is -3.46. The summed E-state index contributed by atoms with van der Waals surface area (Å²) in [6, 6.07) is 14.0. The number of ether oxygens (including phenoxy) is 1. The maximum Gasteiger partial charge on any atom is 0.339 e. The van der Waals surface area contributed by atoms with E-state index in [9.17, 15) is 22.0 Å². The van der Waals surface area contributed by atoms with Crippen molar-refractivity contribution >= 4 is 16.0 Å². The van der Waals surface area contributed by atoms with Gasteiger partial charge >= 0.3 is 10.1 Å². The zero-order valence-corrected chi connectivity index (χ0v) is 19.1. The lowest BCUT2D eigenvalue weighted by molar-refractivity contribution is 0.0689. The first-order chi connectivity index (χ1) is 15.6. The Kier molecular flexibility index (Phi) is 7.33. The van der Waals surface area contributed by atoms with Crippen molar-refractivity contribution in [3.05, 3.63) is 89.5 Å². The summed E-state index contributed by atoms with van der Waals surface area (Å²) in [6.07, 6.45) is 0. The maximum atomic E-state index is 13.6. The summed E-state index contributed by atoms with van der Waals surface area (Å²) in [5.74, 6) is -1.39. The first kappa shape index (κ1) is 24.2. The summed E-state index contributed by atoms with van der Waals surface area (Å²) in [7, 11) is -2.90. The van der Waals surface area contributed by atoms with Crippen molar-refractivity contribution in [1.82, 2.24) is 4.90 Å². The molecule has 0 saturated heterocycles. The van der Waals surface area contributed by atoms with Crippen LogP contribution in [-0.4, -0.2) is 32.4 Å². The van der Waals surface area contributed by atoms with Crippen LogP contribution in [0.3, 0.4) is 0 Å². The topological polar surface area (TPSA) is 72.9 Å². The van der Waals surface area contributed by atoms with E-state index in [-0.39, 0.29) is 40.5 Å². The van der Waals surface area contributed by atoms with E-state index in [1.54, 1.807) is 6.07 Å². The van der Waals surface area contributed by atoms with Crippen LogP contribution in [-0.2, 0) is 16.7 Å². The number of amides is 1. The highest BCUT2D eigenvalue weighted by Crippen LogP contribution is 2.31. The molecule has 0 atom stereocenters. The van der Waals surface area contributed by atoms with Crippen molar-refractivity contribution in [3.8, 4) is 11.5 Å². The molecule has 0 heterocycles. The summed E-state index contributed by atoms with van der Waals surface area (Å²) in [6.45, 7) is 3.75. The summed E-state index contributed by atoms with van der Waals surface area (Å²) in [4.78, 5) is 14.3. The molecule has 33 heavy (non-hydrogen) atoms. The predicted octanol–water partition coefficient (Wildman–Crippen LogP) is 4.79. The van der Waals surface area contributed by atoms with E-state index in [2.05, 4.69) is 0 Å². The molecule has 0 bridgehead atoms. The fourth-order valence-electron chi connectivity index (χ4n) is 3.13. The Labute approximate surface area is 191 Å². The number of carbonyl (C=O) groups is 1. The third-order valence-corrected chi connectivity index (χ3v) is 6.09. The molecule has 1 amide bonds. The number of methoxy groups -OCH3 is 1. The third kappa shape index (κ3) is 5.87. The Morgan fingerprint density at radius 2 is 1.64 bits per heavy atom. The molecule has 6 nitrogen and oxygen atoms in total. The Morgan fingerprint density at radius 1 is 0.939 bits per heavy atom. The van der Waals surface area contributed by atoms with Gasteiger partial charge in [-0.2, -0.15) is 8.42 Å². The van der Waals surface area contributed by atoms with Gasteiger partial charge in [-0.25, -0.2) is 8.78 Å². The smallest absolute Gasteiger partial charge is 0.339 e. The second-order valence-corrected chi connectivity index (χ2v) is 9.06. The molecule has 174 valence electrons. The van der Waals surface area contributed by atoms with Crippen LogP contribution in [0.5, 0.6) is 11.5 Å².